The standard InChI is InChI=1S/C18H18N4OS2/c1-13-16(25-17(20-13)14-4-11-24-12-14)18(23)22-9-7-21(8-10-22)15-2-5-19-6-3-15/h2-6,11-12H,7-10H2,1H3. The molecule has 0 saturated carbocycles. The monoisotopic (exact) mass is 370 g/mol. The third kappa shape index (κ3) is 3.29. The molecule has 0 N–H and O–H groups in total. The largest absolute Gasteiger partial charge is 0.368 e. The molecule has 4 rings (SSSR count). The summed E-state index contributed by atoms with van der Waals surface area (Å²) in [5.41, 5.74) is 3.09. The molecular formula is C18H18N4OS2. The minimum atomic E-state index is 0.103. The van der Waals surface area contributed by atoms with E-state index in [9.17, 15) is 4.79 Å². The van der Waals surface area contributed by atoms with Crippen LogP contribution in [0.3, 0.4) is 0 Å². The highest BCUT2D eigenvalue weighted by molar-refractivity contribution is 7.17. The van der Waals surface area contributed by atoms with E-state index in [0.717, 1.165) is 53.0 Å². The number of aromatic nitrogens is 2. The number of amides is 1. The van der Waals surface area contributed by atoms with Gasteiger partial charge in [-0.2, -0.15) is 11.3 Å². The lowest BCUT2D eigenvalue weighted by Gasteiger charge is -2.35. The Balaban J connectivity index is 1.46. The Morgan fingerprint density at radius 1 is 1.12 bits per heavy atom. The maximum atomic E-state index is 12.9. The van der Waals surface area contributed by atoms with Gasteiger partial charge < -0.3 is 9.80 Å². The first kappa shape index (κ1) is 16.2. The lowest BCUT2D eigenvalue weighted by Crippen LogP contribution is -2.48. The van der Waals surface area contributed by atoms with Crippen molar-refractivity contribution in [3.05, 3.63) is 51.9 Å². The Bertz CT molecular complexity index is 853. The molecule has 1 aliphatic rings. The summed E-state index contributed by atoms with van der Waals surface area (Å²) < 4.78 is 0. The molecule has 1 saturated heterocycles. The number of thiophene rings is 1. The van der Waals surface area contributed by atoms with E-state index in [-0.39, 0.29) is 5.91 Å². The molecule has 128 valence electrons. The molecule has 5 nitrogen and oxygen atoms in total. The zero-order chi connectivity index (χ0) is 17.2. The van der Waals surface area contributed by atoms with Gasteiger partial charge in [0.15, 0.2) is 0 Å². The second-order valence-electron chi connectivity index (χ2n) is 5.93. The number of pyridine rings is 1. The predicted molar refractivity (Wildman–Crippen MR) is 103 cm³/mol. The number of piperazine rings is 1. The van der Waals surface area contributed by atoms with Crippen molar-refractivity contribution in [1.29, 1.82) is 0 Å². The van der Waals surface area contributed by atoms with Crippen molar-refractivity contribution in [1.82, 2.24) is 14.9 Å². The third-order valence-corrected chi connectivity index (χ3v) is 6.23. The average Bonchev–Trinajstić information content (AvgIpc) is 3.32. The van der Waals surface area contributed by atoms with Gasteiger partial charge in [-0.15, -0.1) is 11.3 Å². The number of nitrogens with zero attached hydrogens (tertiary/aromatic N) is 4. The fraction of sp³-hybridized carbons (Fsp3) is 0.278. The number of carbonyl (C=O) groups is 1. The lowest BCUT2D eigenvalue weighted by molar-refractivity contribution is 0.0750. The summed E-state index contributed by atoms with van der Waals surface area (Å²) in [6.45, 7) is 5.06. The van der Waals surface area contributed by atoms with Crippen LogP contribution in [0.5, 0.6) is 0 Å². The van der Waals surface area contributed by atoms with E-state index in [4.69, 9.17) is 0 Å². The number of hydrogen-bond donors (Lipinski definition) is 0. The Labute approximate surface area is 154 Å². The minimum absolute atomic E-state index is 0.103. The van der Waals surface area contributed by atoms with Gasteiger partial charge in [-0.25, -0.2) is 4.98 Å². The van der Waals surface area contributed by atoms with Gasteiger partial charge in [0.2, 0.25) is 0 Å². The van der Waals surface area contributed by atoms with E-state index < -0.39 is 0 Å². The van der Waals surface area contributed by atoms with E-state index in [2.05, 4.69) is 20.2 Å². The zero-order valence-electron chi connectivity index (χ0n) is 13.9. The Hall–Kier alpha value is -2.25. The summed E-state index contributed by atoms with van der Waals surface area (Å²) in [6.07, 6.45) is 3.61. The number of hydrogen-bond acceptors (Lipinski definition) is 6. The van der Waals surface area contributed by atoms with Gasteiger partial charge in [0.1, 0.15) is 9.88 Å². The maximum absolute atomic E-state index is 12.9. The summed E-state index contributed by atoms with van der Waals surface area (Å²) in [7, 11) is 0. The fourth-order valence-electron chi connectivity index (χ4n) is 2.97. The van der Waals surface area contributed by atoms with Crippen molar-refractivity contribution >= 4 is 34.3 Å². The molecule has 0 unspecified atom stereocenters. The van der Waals surface area contributed by atoms with E-state index in [1.54, 1.807) is 23.7 Å². The normalized spacial score (nSPS) is 14.8. The van der Waals surface area contributed by atoms with Crippen LogP contribution in [0.1, 0.15) is 15.4 Å². The van der Waals surface area contributed by atoms with Gasteiger partial charge in [0.05, 0.1) is 5.69 Å². The Morgan fingerprint density at radius 3 is 2.56 bits per heavy atom. The van der Waals surface area contributed by atoms with Crippen LogP contribution in [-0.4, -0.2) is 47.0 Å². The van der Waals surface area contributed by atoms with Gasteiger partial charge in [0, 0.05) is 55.2 Å². The van der Waals surface area contributed by atoms with Crippen molar-refractivity contribution in [2.45, 2.75) is 6.92 Å². The molecule has 0 spiro atoms. The van der Waals surface area contributed by atoms with Crippen LogP contribution in [0, 0.1) is 6.92 Å². The van der Waals surface area contributed by atoms with Crippen molar-refractivity contribution in [3.8, 4) is 10.6 Å². The Morgan fingerprint density at radius 2 is 1.88 bits per heavy atom. The predicted octanol–water partition coefficient (Wildman–Crippen LogP) is 3.54. The molecule has 7 heteroatoms. The number of rotatable bonds is 3. The van der Waals surface area contributed by atoms with E-state index in [0.29, 0.717) is 0 Å². The second-order valence-corrected chi connectivity index (χ2v) is 7.71. The highest BCUT2D eigenvalue weighted by Crippen LogP contribution is 2.30. The summed E-state index contributed by atoms with van der Waals surface area (Å²) in [6, 6.07) is 6.07. The van der Waals surface area contributed by atoms with Crippen LogP contribution in [0.2, 0.25) is 0 Å². The first-order chi connectivity index (χ1) is 12.2. The third-order valence-electron chi connectivity index (χ3n) is 4.35. The molecule has 1 aliphatic heterocycles. The minimum Gasteiger partial charge on any atom is -0.368 e. The molecule has 4 heterocycles. The second kappa shape index (κ2) is 6.93. The molecule has 25 heavy (non-hydrogen) atoms. The lowest BCUT2D eigenvalue weighted by atomic mass is 10.2. The van der Waals surface area contributed by atoms with Crippen molar-refractivity contribution in [2.75, 3.05) is 31.1 Å². The smallest absolute Gasteiger partial charge is 0.265 e. The number of carbonyl (C=O) groups excluding carboxylic acids is 1. The summed E-state index contributed by atoms with van der Waals surface area (Å²) >= 11 is 3.14. The first-order valence-corrected chi connectivity index (χ1v) is 9.92. The fourth-order valence-corrected chi connectivity index (χ4v) is 4.72. The summed E-state index contributed by atoms with van der Waals surface area (Å²) in [5, 5.41) is 5.03. The zero-order valence-corrected chi connectivity index (χ0v) is 15.5. The molecule has 0 atom stereocenters. The SMILES string of the molecule is Cc1nc(-c2ccsc2)sc1C(=O)N1CCN(c2ccncc2)CC1. The van der Waals surface area contributed by atoms with Gasteiger partial charge in [-0.1, -0.05) is 0 Å². The molecule has 1 amide bonds. The average molecular weight is 371 g/mol. The molecule has 0 radical (unpaired) electrons. The number of anilines is 1. The quantitative estimate of drug-likeness (QED) is 0.708. The van der Waals surface area contributed by atoms with Gasteiger partial charge in [-0.3, -0.25) is 9.78 Å². The van der Waals surface area contributed by atoms with Crippen LogP contribution in [-0.2, 0) is 0 Å². The highest BCUT2D eigenvalue weighted by Gasteiger charge is 2.25. The van der Waals surface area contributed by atoms with E-state index in [1.807, 2.05) is 35.4 Å². The van der Waals surface area contributed by atoms with Crippen molar-refractivity contribution in [2.24, 2.45) is 0 Å². The molecule has 3 aromatic rings. The van der Waals surface area contributed by atoms with E-state index in [1.165, 1.54) is 11.3 Å². The van der Waals surface area contributed by atoms with Crippen LogP contribution >= 0.6 is 22.7 Å². The van der Waals surface area contributed by atoms with Crippen LogP contribution < -0.4 is 4.90 Å². The van der Waals surface area contributed by atoms with Crippen LogP contribution in [0.25, 0.3) is 10.6 Å². The topological polar surface area (TPSA) is 49.3 Å². The molecular weight excluding hydrogens is 352 g/mol. The number of thiazole rings is 1. The molecule has 0 aliphatic carbocycles. The van der Waals surface area contributed by atoms with Crippen molar-refractivity contribution in [3.63, 3.8) is 0 Å². The van der Waals surface area contributed by atoms with Crippen LogP contribution in [0.4, 0.5) is 5.69 Å². The van der Waals surface area contributed by atoms with Gasteiger partial charge >= 0.3 is 0 Å². The molecule has 1 fully saturated rings. The highest BCUT2D eigenvalue weighted by atomic mass is 32.1. The van der Waals surface area contributed by atoms with Gasteiger partial charge in [-0.05, 0) is 30.5 Å². The van der Waals surface area contributed by atoms with Gasteiger partial charge in [0.25, 0.3) is 5.91 Å². The van der Waals surface area contributed by atoms with Crippen LogP contribution in [0.15, 0.2) is 41.4 Å². The number of aryl methyl sites for hydroxylation is 1. The summed E-state index contributed by atoms with van der Waals surface area (Å²) in [4.78, 5) is 26.6. The molecule has 0 aromatic carbocycles. The first-order valence-electron chi connectivity index (χ1n) is 8.16. The molecule has 3 aromatic heterocycles. The van der Waals surface area contributed by atoms with Crippen molar-refractivity contribution < 1.29 is 4.79 Å². The molecule has 0 bridgehead atoms. The summed E-state index contributed by atoms with van der Waals surface area (Å²) in [5.74, 6) is 0.103. The maximum Gasteiger partial charge on any atom is 0.265 e. The Kier molecular flexibility index (Phi) is 4.50. The van der Waals surface area contributed by atoms with E-state index >= 15 is 0 Å².